The largest absolute Gasteiger partial charge is 0.493 e. The molecule has 0 aliphatic carbocycles. The Bertz CT molecular complexity index is 876. The van der Waals surface area contributed by atoms with Crippen molar-refractivity contribution in [2.24, 2.45) is 0 Å². The summed E-state index contributed by atoms with van der Waals surface area (Å²) in [6, 6.07) is 10.2. The summed E-state index contributed by atoms with van der Waals surface area (Å²) in [6.45, 7) is 3.79. The minimum absolute atomic E-state index is 0.0100. The molecule has 0 unspecified atom stereocenters. The summed E-state index contributed by atoms with van der Waals surface area (Å²) < 4.78 is 2.28. The maximum absolute atomic E-state index is 12.5. The highest BCUT2D eigenvalue weighted by Crippen LogP contribution is 2.26. The standard InChI is InChI=1S/C15H14N2O3/c1-9(2)11-8-12(18)17-15(20)13(14(19)16(11)17)10-6-4-3-5-7-10/h3-9,20H,1-2H3. The molecular weight excluding hydrogens is 256 g/mol. The van der Waals surface area contributed by atoms with Crippen LogP contribution in [0.5, 0.6) is 5.88 Å². The highest BCUT2D eigenvalue weighted by Gasteiger charge is 2.23. The zero-order valence-corrected chi connectivity index (χ0v) is 11.2. The van der Waals surface area contributed by atoms with Crippen molar-refractivity contribution in [2.75, 3.05) is 0 Å². The molecule has 0 aliphatic rings. The van der Waals surface area contributed by atoms with Crippen molar-refractivity contribution in [2.45, 2.75) is 19.8 Å². The molecule has 0 aliphatic heterocycles. The average molecular weight is 270 g/mol. The molecule has 0 fully saturated rings. The Labute approximate surface area is 114 Å². The minimum atomic E-state index is -0.398. The number of hydrogen-bond acceptors (Lipinski definition) is 3. The number of nitrogens with zero attached hydrogens (tertiary/aromatic N) is 2. The lowest BCUT2D eigenvalue weighted by atomic mass is 10.1. The van der Waals surface area contributed by atoms with Crippen LogP contribution < -0.4 is 11.1 Å². The van der Waals surface area contributed by atoms with E-state index in [1.165, 1.54) is 10.6 Å². The van der Waals surface area contributed by atoms with Gasteiger partial charge in [-0.25, -0.2) is 4.52 Å². The van der Waals surface area contributed by atoms with Gasteiger partial charge >= 0.3 is 0 Å². The topological polar surface area (TPSA) is 63.2 Å². The van der Waals surface area contributed by atoms with Crippen molar-refractivity contribution in [3.8, 4) is 17.0 Å². The molecule has 1 aromatic carbocycles. The fourth-order valence-electron chi connectivity index (χ4n) is 2.45. The summed E-state index contributed by atoms with van der Waals surface area (Å²) in [4.78, 5) is 24.5. The van der Waals surface area contributed by atoms with Gasteiger partial charge in [0, 0.05) is 6.07 Å². The highest BCUT2D eigenvalue weighted by atomic mass is 16.3. The van der Waals surface area contributed by atoms with Crippen LogP contribution in [0.15, 0.2) is 46.0 Å². The molecule has 0 saturated heterocycles. The molecule has 0 amide bonds. The van der Waals surface area contributed by atoms with E-state index in [4.69, 9.17) is 0 Å². The van der Waals surface area contributed by atoms with E-state index in [1.807, 2.05) is 19.9 Å². The first kappa shape index (κ1) is 12.5. The first-order chi connectivity index (χ1) is 9.52. The molecule has 0 spiro atoms. The van der Waals surface area contributed by atoms with Crippen LogP contribution >= 0.6 is 0 Å². The van der Waals surface area contributed by atoms with Crippen molar-refractivity contribution in [3.63, 3.8) is 0 Å². The zero-order chi connectivity index (χ0) is 14.4. The third-order valence-corrected chi connectivity index (χ3v) is 3.41. The minimum Gasteiger partial charge on any atom is -0.493 e. The molecule has 2 heterocycles. The number of aromatic nitrogens is 2. The highest BCUT2D eigenvalue weighted by molar-refractivity contribution is 5.67. The van der Waals surface area contributed by atoms with E-state index in [2.05, 4.69) is 0 Å². The van der Waals surface area contributed by atoms with Gasteiger partial charge in [-0.3, -0.25) is 9.59 Å². The molecule has 0 radical (unpaired) electrons. The van der Waals surface area contributed by atoms with Crippen LogP contribution in [0.4, 0.5) is 0 Å². The number of fused-ring (bicyclic) bond motifs is 1. The SMILES string of the molecule is CC(C)c1cc(=O)n2c(O)c(-c3ccccc3)c(=O)n12. The maximum Gasteiger partial charge on any atom is 0.283 e. The smallest absolute Gasteiger partial charge is 0.283 e. The van der Waals surface area contributed by atoms with Gasteiger partial charge in [0.15, 0.2) is 0 Å². The van der Waals surface area contributed by atoms with Crippen LogP contribution in [0, 0.1) is 0 Å². The summed E-state index contributed by atoms with van der Waals surface area (Å²) in [5, 5.41) is 10.2. The number of rotatable bonds is 2. The quantitative estimate of drug-likeness (QED) is 0.770. The Morgan fingerprint density at radius 2 is 1.70 bits per heavy atom. The fraction of sp³-hybridized carbons (Fsp3) is 0.200. The fourth-order valence-corrected chi connectivity index (χ4v) is 2.45. The van der Waals surface area contributed by atoms with E-state index in [9.17, 15) is 14.7 Å². The van der Waals surface area contributed by atoms with Crippen LogP contribution in [0.25, 0.3) is 11.1 Å². The van der Waals surface area contributed by atoms with Crippen molar-refractivity contribution < 1.29 is 5.11 Å². The third kappa shape index (κ3) is 1.56. The van der Waals surface area contributed by atoms with E-state index in [1.54, 1.807) is 24.3 Å². The van der Waals surface area contributed by atoms with Crippen LogP contribution in [0.2, 0.25) is 0 Å². The molecule has 5 heteroatoms. The lowest BCUT2D eigenvalue weighted by Gasteiger charge is -2.00. The van der Waals surface area contributed by atoms with E-state index >= 15 is 0 Å². The summed E-state index contributed by atoms with van der Waals surface area (Å²) in [5.74, 6) is -0.297. The van der Waals surface area contributed by atoms with Gasteiger partial charge in [-0.15, -0.1) is 0 Å². The van der Waals surface area contributed by atoms with Gasteiger partial charge in [-0.05, 0) is 11.5 Å². The summed E-state index contributed by atoms with van der Waals surface area (Å²) >= 11 is 0. The molecule has 1 N–H and O–H groups in total. The van der Waals surface area contributed by atoms with Gasteiger partial charge in [0.05, 0.1) is 5.69 Å². The monoisotopic (exact) mass is 270 g/mol. The van der Waals surface area contributed by atoms with Crippen molar-refractivity contribution in [3.05, 3.63) is 62.8 Å². The predicted molar refractivity (Wildman–Crippen MR) is 75.8 cm³/mol. The van der Waals surface area contributed by atoms with Gasteiger partial charge in [0.2, 0.25) is 5.88 Å². The summed E-state index contributed by atoms with van der Waals surface area (Å²) in [6.07, 6.45) is 0. The maximum atomic E-state index is 12.5. The Hall–Kier alpha value is -2.56. The number of aromatic hydroxyl groups is 1. The summed E-state index contributed by atoms with van der Waals surface area (Å²) in [5.41, 5.74) is 0.577. The second kappa shape index (κ2) is 4.23. The van der Waals surface area contributed by atoms with Crippen LogP contribution in [-0.2, 0) is 0 Å². The predicted octanol–water partition coefficient (Wildman–Crippen LogP) is 1.69. The molecule has 102 valence electrons. The lowest BCUT2D eigenvalue weighted by molar-refractivity contribution is 0.434. The van der Waals surface area contributed by atoms with E-state index in [-0.39, 0.29) is 22.9 Å². The third-order valence-electron chi connectivity index (χ3n) is 3.41. The van der Waals surface area contributed by atoms with Crippen molar-refractivity contribution >= 4 is 0 Å². The van der Waals surface area contributed by atoms with E-state index in [0.29, 0.717) is 11.3 Å². The second-order valence-electron chi connectivity index (χ2n) is 5.06. The van der Waals surface area contributed by atoms with Gasteiger partial charge in [0.25, 0.3) is 11.1 Å². The second-order valence-corrected chi connectivity index (χ2v) is 5.06. The first-order valence-corrected chi connectivity index (χ1v) is 6.41. The first-order valence-electron chi connectivity index (χ1n) is 6.41. The Morgan fingerprint density at radius 1 is 1.05 bits per heavy atom. The Morgan fingerprint density at radius 3 is 2.30 bits per heavy atom. The van der Waals surface area contributed by atoms with Crippen LogP contribution in [-0.4, -0.2) is 14.1 Å². The number of benzene rings is 1. The van der Waals surface area contributed by atoms with E-state index in [0.717, 1.165) is 4.52 Å². The van der Waals surface area contributed by atoms with Gasteiger partial charge in [-0.2, -0.15) is 4.52 Å². The molecule has 0 bridgehead atoms. The molecule has 3 rings (SSSR count). The van der Waals surface area contributed by atoms with Gasteiger partial charge < -0.3 is 5.11 Å². The molecule has 20 heavy (non-hydrogen) atoms. The van der Waals surface area contributed by atoms with Crippen molar-refractivity contribution in [1.82, 2.24) is 9.03 Å². The molecule has 3 aromatic rings. The van der Waals surface area contributed by atoms with Gasteiger partial charge in [0.1, 0.15) is 5.56 Å². The molecule has 0 atom stereocenters. The average Bonchev–Trinajstić information content (AvgIpc) is 2.89. The zero-order valence-electron chi connectivity index (χ0n) is 11.2. The van der Waals surface area contributed by atoms with Gasteiger partial charge in [-0.1, -0.05) is 44.2 Å². The normalized spacial score (nSPS) is 11.6. The Kier molecular flexibility index (Phi) is 2.64. The Balaban J connectivity index is 2.46. The molecule has 5 nitrogen and oxygen atoms in total. The molecule has 2 aromatic heterocycles. The number of hydrogen-bond donors (Lipinski definition) is 1. The van der Waals surface area contributed by atoms with Crippen molar-refractivity contribution in [1.29, 1.82) is 0 Å². The molecular formula is C15H14N2O3. The summed E-state index contributed by atoms with van der Waals surface area (Å²) in [7, 11) is 0. The van der Waals surface area contributed by atoms with Crippen LogP contribution in [0.3, 0.4) is 0 Å². The van der Waals surface area contributed by atoms with E-state index < -0.39 is 5.56 Å². The lowest BCUT2D eigenvalue weighted by Crippen LogP contribution is -2.16. The van der Waals surface area contributed by atoms with Crippen LogP contribution in [0.1, 0.15) is 25.5 Å². The molecule has 0 saturated carbocycles.